The molecule has 2 aromatic carbocycles. The quantitative estimate of drug-likeness (QED) is 0.0192. The van der Waals surface area contributed by atoms with Crippen molar-refractivity contribution in [2.24, 2.45) is 0 Å². The van der Waals surface area contributed by atoms with Gasteiger partial charge in [-0.1, -0.05) is 19.3 Å². The van der Waals surface area contributed by atoms with Crippen molar-refractivity contribution >= 4 is 206 Å². The lowest BCUT2D eigenvalue weighted by molar-refractivity contribution is -0.147. The largest absolute Gasteiger partial charge is 0.466 e. The lowest BCUT2D eigenvalue weighted by atomic mass is 10.1. The average Bonchev–Trinajstić information content (AvgIpc) is 0.777. The van der Waals surface area contributed by atoms with Gasteiger partial charge in [-0.2, -0.15) is 0 Å². The second kappa shape index (κ2) is 53.8. The molecule has 38 heteroatoms. The van der Waals surface area contributed by atoms with Gasteiger partial charge < -0.3 is 111 Å². The summed E-state index contributed by atoms with van der Waals surface area (Å²) in [5.41, 5.74) is 0.118. The van der Waals surface area contributed by atoms with Gasteiger partial charge in [-0.25, -0.2) is 0 Å². The number of cyclic esters (lactones) is 1. The van der Waals surface area contributed by atoms with Crippen molar-refractivity contribution in [1.29, 1.82) is 0 Å². The van der Waals surface area contributed by atoms with E-state index in [4.69, 9.17) is 44.5 Å². The molecule has 0 aromatic heterocycles. The lowest BCUT2D eigenvalue weighted by Crippen LogP contribution is -2.41. The molecule has 6 unspecified atom stereocenters. The predicted molar refractivity (Wildman–Crippen MR) is 411 cm³/mol. The van der Waals surface area contributed by atoms with Gasteiger partial charge in [-0.3, -0.25) is 47.9 Å². The van der Waals surface area contributed by atoms with Crippen LogP contribution in [0.3, 0.4) is 0 Å². The van der Waals surface area contributed by atoms with Crippen LogP contribution in [0.5, 0.6) is 0 Å². The number of carbonyl (C=O) groups excluding carboxylic acids is 10. The lowest BCUT2D eigenvalue weighted by Gasteiger charge is -2.29. The van der Waals surface area contributed by atoms with Crippen LogP contribution in [0.1, 0.15) is 158 Å². The molecule has 32 nitrogen and oxygen atoms in total. The van der Waals surface area contributed by atoms with Crippen LogP contribution >= 0.6 is 136 Å². The summed E-state index contributed by atoms with van der Waals surface area (Å²) in [5.74, 6) is -5.72. The zero-order valence-corrected chi connectivity index (χ0v) is 68.3. The number of carbonyl (C=O) groups is 10. The monoisotopic (exact) mass is 2100 g/mol. The fourth-order valence-electron chi connectivity index (χ4n) is 8.57. The Morgan fingerprint density at radius 3 is 1.01 bits per heavy atom. The molecule has 0 spiro atoms. The predicted octanol–water partition coefficient (Wildman–Crippen LogP) is 1.16. The van der Waals surface area contributed by atoms with E-state index in [1.807, 2.05) is 90.4 Å². The first-order valence-corrected chi connectivity index (χ1v) is 38.3. The van der Waals surface area contributed by atoms with Crippen LogP contribution in [0.15, 0.2) is 0 Å². The van der Waals surface area contributed by atoms with Crippen LogP contribution in [0.2, 0.25) is 0 Å². The first-order valence-electron chi connectivity index (χ1n) is 31.8. The highest BCUT2D eigenvalue weighted by Gasteiger charge is 2.35. The van der Waals surface area contributed by atoms with Crippen LogP contribution in [0.25, 0.3) is 0 Å². The Labute approximate surface area is 661 Å². The number of hydrogen-bond donors (Lipinski definition) is 16. The Balaban J connectivity index is 0.000000992. The Kier molecular flexibility index (Phi) is 51.1. The first-order chi connectivity index (χ1) is 47.4. The van der Waals surface area contributed by atoms with E-state index in [2.05, 4.69) is 21.3 Å². The second-order valence-electron chi connectivity index (χ2n) is 22.3. The summed E-state index contributed by atoms with van der Waals surface area (Å²) in [7, 11) is 0. The number of aliphatic hydroxyl groups is 12. The molecular formula is C62H92I6N6O26. The van der Waals surface area contributed by atoms with Crippen molar-refractivity contribution in [2.45, 2.75) is 153 Å². The maximum absolute atomic E-state index is 13.8. The van der Waals surface area contributed by atoms with E-state index < -0.39 is 136 Å². The molecule has 3 rings (SSSR count). The number of aliphatic hydroxyl groups excluding tert-OH is 12. The molecule has 6 amide bonds. The molecule has 6 atom stereocenters. The number of amides is 6. The summed E-state index contributed by atoms with van der Waals surface area (Å²) >= 11 is 10.9. The third-order valence-electron chi connectivity index (χ3n) is 13.9. The van der Waals surface area contributed by atoms with E-state index in [0.717, 1.165) is 29.1 Å². The van der Waals surface area contributed by atoms with Gasteiger partial charge in [0.1, 0.15) is 38.1 Å². The third kappa shape index (κ3) is 35.9. The van der Waals surface area contributed by atoms with Gasteiger partial charge in [0, 0.05) is 92.7 Å². The van der Waals surface area contributed by atoms with Crippen molar-refractivity contribution in [3.05, 3.63) is 43.7 Å². The molecule has 568 valence electrons. The molecule has 0 radical (unpaired) electrons. The molecule has 1 fully saturated rings. The number of hydrogen-bond acceptors (Lipinski definition) is 26. The van der Waals surface area contributed by atoms with Gasteiger partial charge in [0.05, 0.1) is 106 Å². The summed E-state index contributed by atoms with van der Waals surface area (Å²) in [5, 5.41) is 125. The summed E-state index contributed by atoms with van der Waals surface area (Å²) in [4.78, 5) is 128. The molecule has 1 saturated heterocycles. The van der Waals surface area contributed by atoms with Crippen LogP contribution in [0.4, 0.5) is 11.4 Å². The van der Waals surface area contributed by atoms with E-state index in [-0.39, 0.29) is 133 Å². The van der Waals surface area contributed by atoms with Crippen molar-refractivity contribution in [3.63, 3.8) is 0 Å². The number of nitrogens with zero attached hydrogens (tertiary/aromatic N) is 2. The van der Waals surface area contributed by atoms with Crippen LogP contribution in [-0.4, -0.2) is 263 Å². The summed E-state index contributed by atoms with van der Waals surface area (Å²) in [6.07, 6.45) is 1.35. The normalized spacial score (nSPS) is 13.7. The minimum absolute atomic E-state index is 0.00274. The van der Waals surface area contributed by atoms with Gasteiger partial charge in [0.2, 0.25) is 11.8 Å². The maximum atomic E-state index is 13.8. The third-order valence-corrected chi connectivity index (χ3v) is 20.3. The Bertz CT molecular complexity index is 2820. The fraction of sp³-hybridized carbons (Fsp3) is 0.645. The number of unbranched alkanes of at least 4 members (excludes halogenated alkanes) is 6. The van der Waals surface area contributed by atoms with Gasteiger partial charge in [0.25, 0.3) is 23.6 Å². The number of anilines is 2. The Morgan fingerprint density at radius 1 is 0.410 bits per heavy atom. The van der Waals surface area contributed by atoms with Gasteiger partial charge in [-0.05, 0) is 193 Å². The van der Waals surface area contributed by atoms with E-state index in [0.29, 0.717) is 70.8 Å². The molecule has 0 aliphatic carbocycles. The molecule has 0 bridgehead atoms. The molecule has 2 aromatic rings. The van der Waals surface area contributed by atoms with Crippen LogP contribution in [0, 0.1) is 21.4 Å². The zero-order chi connectivity index (χ0) is 75.6. The number of nitrogens with one attached hydrogen (secondary N) is 4. The summed E-state index contributed by atoms with van der Waals surface area (Å²) < 4.78 is 21.4. The highest BCUT2D eigenvalue weighted by Crippen LogP contribution is 2.40. The number of halogens is 6. The standard InChI is InChI=1S/C37H56I3N3O15.C19H26I3N3O9.C6H10O2/c1-23(47)43(19-26(50)22-58-29(53)13-7-4-10-16-46)35-33(39)30(36(54)41-17-24(48)20-56-27(51)11-5-2-8-14-44)32(38)31(34(35)40)37(55)42-18-25(49)21-57-28(52)12-6-3-9-15-45;1-8(29)25(4-11(32)7-28)17-15(21)12(18(33)23-2-9(30)5-26)14(20)13(16(17)22)19(34)24-3-10(31)6-27;7-6-4-2-1-3-5-8-6/h24-26,44-46,48-50H,2-22H2,1H3,(H,41,54)(H,42,55);9-11,26-28,30-32H,2-7H2,1H3,(H,23,33)(H,24,34);1-5H2. The molecule has 1 aliphatic heterocycles. The van der Waals surface area contributed by atoms with Crippen molar-refractivity contribution < 1.29 is 128 Å². The van der Waals surface area contributed by atoms with Gasteiger partial charge >= 0.3 is 23.9 Å². The SMILES string of the molecule is CC(=O)N(CC(O)CO)c1c(I)c(C(=O)NCC(O)CO)c(I)c(C(=O)NCC(O)CO)c1I.CC(=O)N(CC(O)COC(=O)CCCCCO)c1c(I)c(C(=O)NCC(O)COC(=O)CCCCCO)c(I)c(C(=O)NCC(O)COC(=O)CCCCCO)c1I.O=C1CCCCCO1. The minimum atomic E-state index is -1.38. The zero-order valence-electron chi connectivity index (χ0n) is 55.3. The van der Waals surface area contributed by atoms with E-state index in [9.17, 15) is 83.7 Å². The average molecular weight is 2100 g/mol. The van der Waals surface area contributed by atoms with Gasteiger partial charge in [0.15, 0.2) is 0 Å². The summed E-state index contributed by atoms with van der Waals surface area (Å²) in [6, 6.07) is 0. The second-order valence-corrected chi connectivity index (χ2v) is 28.8. The minimum Gasteiger partial charge on any atom is -0.466 e. The fourth-order valence-corrected chi connectivity index (χ4v) is 18.0. The molecule has 1 heterocycles. The summed E-state index contributed by atoms with van der Waals surface area (Å²) in [6.45, 7) is -1.97. The van der Waals surface area contributed by atoms with E-state index in [1.54, 1.807) is 45.2 Å². The van der Waals surface area contributed by atoms with E-state index >= 15 is 0 Å². The smallest absolute Gasteiger partial charge is 0.305 e. The van der Waals surface area contributed by atoms with Crippen molar-refractivity contribution in [1.82, 2.24) is 21.3 Å². The Hall–Kier alpha value is -2.96. The Morgan fingerprint density at radius 2 is 0.710 bits per heavy atom. The molecule has 1 aliphatic rings. The van der Waals surface area contributed by atoms with E-state index in [1.165, 1.54) is 13.8 Å². The highest BCUT2D eigenvalue weighted by molar-refractivity contribution is 14.1. The molecule has 16 N–H and O–H groups in total. The van der Waals surface area contributed by atoms with Crippen molar-refractivity contribution in [2.75, 3.05) is 115 Å². The molecule has 100 heavy (non-hydrogen) atoms. The number of benzene rings is 2. The number of rotatable bonds is 42. The molecular weight excluding hydrogens is 2010 g/mol. The highest BCUT2D eigenvalue weighted by atomic mass is 127. The first kappa shape index (κ1) is 95.1. The van der Waals surface area contributed by atoms with Crippen molar-refractivity contribution in [3.8, 4) is 0 Å². The van der Waals surface area contributed by atoms with Crippen LogP contribution < -0.4 is 31.1 Å². The number of esters is 4. The van der Waals surface area contributed by atoms with Gasteiger partial charge in [-0.15, -0.1) is 0 Å². The molecule has 0 saturated carbocycles. The van der Waals surface area contributed by atoms with Crippen LogP contribution in [-0.2, 0) is 47.7 Å². The maximum Gasteiger partial charge on any atom is 0.305 e. The number of ether oxygens (including phenoxy) is 4. The topological polar surface area (TPSA) is 505 Å².